The van der Waals surface area contributed by atoms with Crippen LogP contribution < -0.4 is 0 Å². The maximum atomic E-state index is 12.1. The first-order valence-corrected chi connectivity index (χ1v) is 5.43. The quantitative estimate of drug-likeness (QED) is 0.338. The van der Waals surface area contributed by atoms with Gasteiger partial charge in [0.25, 0.3) is 5.69 Å². The van der Waals surface area contributed by atoms with E-state index in [0.717, 1.165) is 12.1 Å². The van der Waals surface area contributed by atoms with E-state index in [1.54, 1.807) is 22.6 Å². The largest absolute Gasteiger partial charge is 0.444 e. The van der Waals surface area contributed by atoms with Crippen LogP contribution >= 0.6 is 34.2 Å². The van der Waals surface area contributed by atoms with Gasteiger partial charge in [-0.3, -0.25) is 10.1 Å². The molecule has 1 aromatic rings. The van der Waals surface area contributed by atoms with Gasteiger partial charge >= 0.3 is 6.18 Å². The Balaban J connectivity index is 3.28. The number of hydrogen-bond acceptors (Lipinski definition) is 3. The average molecular weight is 378 g/mol. The molecule has 0 heterocycles. The number of aliphatic imine (C=N–C) groups is 1. The lowest BCUT2D eigenvalue weighted by Crippen LogP contribution is -2.16. The van der Waals surface area contributed by atoms with Crippen LogP contribution in [0.1, 0.15) is 0 Å². The minimum absolute atomic E-state index is 0.433. The Bertz CT molecular complexity index is 490. The second-order valence-corrected chi connectivity index (χ2v) is 4.39. The summed E-state index contributed by atoms with van der Waals surface area (Å²) in [5.74, 6) is 0. The predicted octanol–water partition coefficient (Wildman–Crippen LogP) is 4.03. The molecule has 0 aliphatic carbocycles. The average Bonchev–Trinajstić information content (AvgIpc) is 2.18. The molecule has 0 atom stereocenters. The summed E-state index contributed by atoms with van der Waals surface area (Å²) in [4.78, 5) is 12.8. The molecule has 0 fully saturated rings. The number of nitrogens with zero attached hydrogens (tertiary/aromatic N) is 2. The van der Waals surface area contributed by atoms with E-state index in [1.807, 2.05) is 0 Å². The molecule has 0 saturated carbocycles. The van der Waals surface area contributed by atoms with Gasteiger partial charge in [-0.15, -0.1) is 0 Å². The summed E-state index contributed by atoms with van der Waals surface area (Å²) in [5.41, 5.74) is -0.961. The summed E-state index contributed by atoms with van der Waals surface area (Å²) < 4.78 is 36.8. The zero-order valence-corrected chi connectivity index (χ0v) is 10.7. The Morgan fingerprint density at radius 3 is 2.53 bits per heavy atom. The van der Waals surface area contributed by atoms with Crippen molar-refractivity contribution >= 4 is 50.7 Å². The maximum Gasteiger partial charge on any atom is 0.444 e. The van der Waals surface area contributed by atoms with E-state index >= 15 is 0 Å². The summed E-state index contributed by atoms with van der Waals surface area (Å²) in [6.45, 7) is 0. The van der Waals surface area contributed by atoms with Crippen molar-refractivity contribution in [3.8, 4) is 0 Å². The molecular weight excluding hydrogens is 375 g/mol. The van der Waals surface area contributed by atoms with E-state index in [4.69, 9.17) is 11.6 Å². The van der Waals surface area contributed by atoms with Crippen LogP contribution in [0.25, 0.3) is 0 Å². The highest BCUT2D eigenvalue weighted by atomic mass is 127. The molecule has 0 aliphatic rings. The third-order valence-corrected chi connectivity index (χ3v) is 2.56. The third-order valence-electron chi connectivity index (χ3n) is 1.59. The molecule has 0 aromatic heterocycles. The van der Waals surface area contributed by atoms with Crippen molar-refractivity contribution in [3.05, 3.63) is 31.9 Å². The fourth-order valence-electron chi connectivity index (χ4n) is 0.907. The molecule has 9 heteroatoms. The van der Waals surface area contributed by atoms with Crippen molar-refractivity contribution in [1.29, 1.82) is 0 Å². The Kier molecular flexibility index (Phi) is 4.31. The van der Waals surface area contributed by atoms with Crippen molar-refractivity contribution in [2.45, 2.75) is 6.18 Å². The first-order valence-electron chi connectivity index (χ1n) is 3.97. The number of halogens is 5. The standard InChI is InChI=1S/C8H3ClF3IN2O2/c9-7(8(10,11)12)14-5-2-1-4(13)3-6(5)15(16)17/h1-3H. The lowest BCUT2D eigenvalue weighted by Gasteiger charge is -2.03. The number of alkyl halides is 3. The fraction of sp³-hybridized carbons (Fsp3) is 0.125. The molecule has 1 aromatic carbocycles. The maximum absolute atomic E-state index is 12.1. The molecule has 0 radical (unpaired) electrons. The highest BCUT2D eigenvalue weighted by Crippen LogP contribution is 2.31. The van der Waals surface area contributed by atoms with Crippen LogP contribution in [0.5, 0.6) is 0 Å². The summed E-state index contributed by atoms with van der Waals surface area (Å²) >= 11 is 6.71. The van der Waals surface area contributed by atoms with E-state index in [2.05, 4.69) is 4.99 Å². The van der Waals surface area contributed by atoms with Crippen LogP contribution in [-0.4, -0.2) is 16.3 Å². The van der Waals surface area contributed by atoms with Crippen molar-refractivity contribution in [2.24, 2.45) is 4.99 Å². The van der Waals surface area contributed by atoms with Crippen LogP contribution in [0.4, 0.5) is 24.5 Å². The molecule has 0 spiro atoms. The smallest absolute Gasteiger partial charge is 0.258 e. The number of nitro groups is 1. The molecule has 0 N–H and O–H groups in total. The Hall–Kier alpha value is -0.900. The first kappa shape index (κ1) is 14.2. The number of hydrogen-bond donors (Lipinski definition) is 0. The summed E-state index contributed by atoms with van der Waals surface area (Å²) in [6, 6.07) is 3.61. The van der Waals surface area contributed by atoms with Gasteiger partial charge in [0.1, 0.15) is 5.69 Å². The monoisotopic (exact) mass is 378 g/mol. The summed E-state index contributed by atoms with van der Waals surface area (Å²) in [7, 11) is 0. The van der Waals surface area contributed by atoms with Gasteiger partial charge in [0.05, 0.1) is 4.92 Å². The lowest BCUT2D eigenvalue weighted by atomic mass is 10.3. The van der Waals surface area contributed by atoms with Crippen LogP contribution in [0.3, 0.4) is 0 Å². The molecule has 0 aliphatic heterocycles. The molecule has 1 rings (SSSR count). The molecule has 0 bridgehead atoms. The fourth-order valence-corrected chi connectivity index (χ4v) is 1.47. The van der Waals surface area contributed by atoms with E-state index in [0.29, 0.717) is 3.57 Å². The third kappa shape index (κ3) is 3.80. The number of nitro benzene ring substituents is 1. The van der Waals surface area contributed by atoms with E-state index in [1.165, 1.54) is 6.07 Å². The Morgan fingerprint density at radius 2 is 2.06 bits per heavy atom. The zero-order valence-electron chi connectivity index (χ0n) is 7.83. The SMILES string of the molecule is O=[N+]([O-])c1cc(I)ccc1N=C(Cl)C(F)(F)F. The zero-order chi connectivity index (χ0) is 13.2. The summed E-state index contributed by atoms with van der Waals surface area (Å²) in [5, 5.41) is 8.96. The Morgan fingerprint density at radius 1 is 1.47 bits per heavy atom. The lowest BCUT2D eigenvalue weighted by molar-refractivity contribution is -0.384. The van der Waals surface area contributed by atoms with Gasteiger partial charge in [-0.25, -0.2) is 4.99 Å². The van der Waals surface area contributed by atoms with Gasteiger partial charge in [0.15, 0.2) is 0 Å². The predicted molar refractivity (Wildman–Crippen MR) is 64.8 cm³/mol. The molecular formula is C8H3ClF3IN2O2. The van der Waals surface area contributed by atoms with Crippen molar-refractivity contribution in [2.75, 3.05) is 0 Å². The topological polar surface area (TPSA) is 55.5 Å². The molecule has 0 amide bonds. The van der Waals surface area contributed by atoms with Crippen LogP contribution in [0, 0.1) is 13.7 Å². The van der Waals surface area contributed by atoms with E-state index < -0.39 is 27.6 Å². The van der Waals surface area contributed by atoms with Crippen molar-refractivity contribution < 1.29 is 18.1 Å². The molecule has 0 unspecified atom stereocenters. The minimum Gasteiger partial charge on any atom is -0.258 e. The summed E-state index contributed by atoms with van der Waals surface area (Å²) in [6.07, 6.45) is -4.82. The van der Waals surface area contributed by atoms with Crippen molar-refractivity contribution in [3.63, 3.8) is 0 Å². The van der Waals surface area contributed by atoms with Crippen molar-refractivity contribution in [1.82, 2.24) is 0 Å². The first-order chi connectivity index (χ1) is 7.71. The van der Waals surface area contributed by atoms with E-state index in [-0.39, 0.29) is 0 Å². The van der Waals surface area contributed by atoms with Gasteiger partial charge < -0.3 is 0 Å². The normalized spacial score (nSPS) is 12.6. The van der Waals surface area contributed by atoms with Gasteiger partial charge in [-0.05, 0) is 34.7 Å². The second kappa shape index (κ2) is 5.17. The second-order valence-electron chi connectivity index (χ2n) is 2.79. The van der Waals surface area contributed by atoms with Crippen LogP contribution in [0.15, 0.2) is 23.2 Å². The molecule has 4 nitrogen and oxygen atoms in total. The Labute approximate surface area is 112 Å². The minimum atomic E-state index is -4.82. The highest BCUT2D eigenvalue weighted by molar-refractivity contribution is 14.1. The van der Waals surface area contributed by atoms with Crippen LogP contribution in [-0.2, 0) is 0 Å². The molecule has 0 saturated heterocycles. The van der Waals surface area contributed by atoms with Crippen LogP contribution in [0.2, 0.25) is 0 Å². The molecule has 92 valence electrons. The number of rotatable bonds is 2. The van der Waals surface area contributed by atoms with Gasteiger partial charge in [-0.2, -0.15) is 13.2 Å². The van der Waals surface area contributed by atoms with Gasteiger partial charge in [-0.1, -0.05) is 11.6 Å². The van der Waals surface area contributed by atoms with Gasteiger partial charge in [0.2, 0.25) is 5.17 Å². The highest BCUT2D eigenvalue weighted by Gasteiger charge is 2.35. The van der Waals surface area contributed by atoms with E-state index in [9.17, 15) is 23.3 Å². The molecule has 17 heavy (non-hydrogen) atoms. The number of benzene rings is 1. The van der Waals surface area contributed by atoms with Gasteiger partial charge in [0, 0.05) is 9.64 Å².